The summed E-state index contributed by atoms with van der Waals surface area (Å²) in [5, 5.41) is 10.7. The van der Waals surface area contributed by atoms with Gasteiger partial charge in [0.1, 0.15) is 18.2 Å². The van der Waals surface area contributed by atoms with Crippen LogP contribution in [0.25, 0.3) is 10.9 Å². The zero-order chi connectivity index (χ0) is 22.9. The van der Waals surface area contributed by atoms with Gasteiger partial charge in [0.05, 0.1) is 5.52 Å². The Bertz CT molecular complexity index is 1280. The number of carbonyl (C=O) groups excluding carboxylic acids is 1. The minimum absolute atomic E-state index is 0.0168. The lowest BCUT2D eigenvalue weighted by Crippen LogP contribution is -2.14. The summed E-state index contributed by atoms with van der Waals surface area (Å²) in [7, 11) is 0. The molecular weight excluding hydrogens is 473 g/mol. The van der Waals surface area contributed by atoms with Gasteiger partial charge in [0.15, 0.2) is 5.82 Å². The van der Waals surface area contributed by atoms with E-state index in [1.54, 1.807) is 24.3 Å². The Balaban J connectivity index is 1.50. The number of halogens is 2. The Morgan fingerprint density at radius 2 is 1.84 bits per heavy atom. The van der Waals surface area contributed by atoms with Crippen molar-refractivity contribution in [1.82, 2.24) is 10.2 Å². The van der Waals surface area contributed by atoms with Gasteiger partial charge in [0.2, 0.25) is 0 Å². The van der Waals surface area contributed by atoms with E-state index in [0.29, 0.717) is 32.6 Å². The average molecular weight is 496 g/mol. The zero-order valence-electron chi connectivity index (χ0n) is 18.0. The molecule has 5 nitrogen and oxygen atoms in total. The van der Waals surface area contributed by atoms with E-state index in [1.165, 1.54) is 6.07 Å². The summed E-state index contributed by atoms with van der Waals surface area (Å²) in [6.45, 7) is 6.47. The highest BCUT2D eigenvalue weighted by molar-refractivity contribution is 9.10. The molecule has 0 atom stereocenters. The quantitative estimate of drug-likeness (QED) is 0.328. The molecule has 7 heteroatoms. The Morgan fingerprint density at radius 1 is 1.09 bits per heavy atom. The number of hydrogen-bond acceptors (Lipinski definition) is 3. The predicted octanol–water partition coefficient (Wildman–Crippen LogP) is 6.59. The van der Waals surface area contributed by atoms with E-state index in [1.807, 2.05) is 30.3 Å². The second-order valence-electron chi connectivity index (χ2n) is 8.59. The first-order valence-electron chi connectivity index (χ1n) is 10.2. The molecule has 0 radical (unpaired) electrons. The largest absolute Gasteiger partial charge is 0.489 e. The number of carbonyl (C=O) groups is 1. The lowest BCUT2D eigenvalue weighted by molar-refractivity contribution is 0.102. The Labute approximate surface area is 194 Å². The van der Waals surface area contributed by atoms with Crippen LogP contribution in [-0.4, -0.2) is 16.1 Å². The summed E-state index contributed by atoms with van der Waals surface area (Å²) in [5.74, 6) is 0.368. The van der Waals surface area contributed by atoms with Crippen LogP contribution in [0, 0.1) is 5.82 Å². The van der Waals surface area contributed by atoms with Crippen LogP contribution in [0.3, 0.4) is 0 Å². The van der Waals surface area contributed by atoms with Crippen LogP contribution in [0.5, 0.6) is 5.75 Å². The molecule has 2 N–H and O–H groups in total. The van der Waals surface area contributed by atoms with Crippen molar-refractivity contribution in [2.45, 2.75) is 32.8 Å². The smallest absolute Gasteiger partial charge is 0.256 e. The van der Waals surface area contributed by atoms with Crippen LogP contribution < -0.4 is 10.1 Å². The molecular formula is C25H23BrFN3O2. The van der Waals surface area contributed by atoms with Crippen molar-refractivity contribution in [3.05, 3.63) is 87.6 Å². The van der Waals surface area contributed by atoms with Crippen molar-refractivity contribution in [1.29, 1.82) is 0 Å². The minimum Gasteiger partial charge on any atom is -0.489 e. The van der Waals surface area contributed by atoms with Gasteiger partial charge in [0.25, 0.3) is 5.91 Å². The average Bonchev–Trinajstić information content (AvgIpc) is 3.14. The molecule has 1 amide bonds. The number of amides is 1. The number of hydrogen-bond donors (Lipinski definition) is 2. The SMILES string of the molecule is CC(C)(C)c1ccc(C(=O)Nc2n[nH]c3ccc(OCc4ccc(Br)cc4F)cc23)cc1. The first-order valence-corrected chi connectivity index (χ1v) is 11.0. The van der Waals surface area contributed by atoms with Gasteiger partial charge in [-0.2, -0.15) is 5.10 Å². The topological polar surface area (TPSA) is 67.0 Å². The first kappa shape index (κ1) is 22.0. The number of rotatable bonds is 5. The molecule has 32 heavy (non-hydrogen) atoms. The number of nitrogens with one attached hydrogen (secondary N) is 2. The number of nitrogens with zero attached hydrogens (tertiary/aromatic N) is 1. The maximum absolute atomic E-state index is 14.0. The number of fused-ring (bicyclic) bond motifs is 1. The van der Waals surface area contributed by atoms with Crippen LogP contribution in [0.15, 0.2) is 65.1 Å². The van der Waals surface area contributed by atoms with Crippen molar-refractivity contribution < 1.29 is 13.9 Å². The van der Waals surface area contributed by atoms with E-state index in [0.717, 1.165) is 11.1 Å². The third-order valence-electron chi connectivity index (χ3n) is 5.19. The van der Waals surface area contributed by atoms with Gasteiger partial charge in [-0.3, -0.25) is 9.89 Å². The molecule has 0 bridgehead atoms. The molecule has 0 aliphatic heterocycles. The molecule has 0 spiro atoms. The van der Waals surface area contributed by atoms with Gasteiger partial charge in [-0.15, -0.1) is 0 Å². The van der Waals surface area contributed by atoms with E-state index in [-0.39, 0.29) is 23.7 Å². The fourth-order valence-corrected chi connectivity index (χ4v) is 3.61. The molecule has 0 aliphatic carbocycles. The monoisotopic (exact) mass is 495 g/mol. The summed E-state index contributed by atoms with van der Waals surface area (Å²) in [5.41, 5.74) is 2.93. The number of H-pyrrole nitrogens is 1. The maximum Gasteiger partial charge on any atom is 0.256 e. The second-order valence-corrected chi connectivity index (χ2v) is 9.50. The van der Waals surface area contributed by atoms with Crippen molar-refractivity contribution in [3.63, 3.8) is 0 Å². The number of anilines is 1. The number of aromatic amines is 1. The summed E-state index contributed by atoms with van der Waals surface area (Å²) < 4.78 is 20.5. The molecule has 0 saturated heterocycles. The molecule has 4 rings (SSSR count). The van der Waals surface area contributed by atoms with Crippen LogP contribution in [0.1, 0.15) is 42.3 Å². The van der Waals surface area contributed by atoms with Crippen molar-refractivity contribution in [2.24, 2.45) is 0 Å². The Morgan fingerprint density at radius 3 is 2.53 bits per heavy atom. The van der Waals surface area contributed by atoms with Crippen LogP contribution in [0.2, 0.25) is 0 Å². The molecule has 0 aliphatic rings. The highest BCUT2D eigenvalue weighted by atomic mass is 79.9. The predicted molar refractivity (Wildman–Crippen MR) is 128 cm³/mol. The number of aromatic nitrogens is 2. The van der Waals surface area contributed by atoms with Crippen LogP contribution in [-0.2, 0) is 12.0 Å². The van der Waals surface area contributed by atoms with Gasteiger partial charge in [-0.25, -0.2) is 4.39 Å². The number of ether oxygens (including phenoxy) is 1. The highest BCUT2D eigenvalue weighted by Crippen LogP contribution is 2.27. The number of benzene rings is 3. The summed E-state index contributed by atoms with van der Waals surface area (Å²) in [6, 6.07) is 17.7. The minimum atomic E-state index is -0.339. The lowest BCUT2D eigenvalue weighted by atomic mass is 9.87. The molecule has 164 valence electrons. The van der Waals surface area contributed by atoms with E-state index in [9.17, 15) is 9.18 Å². The standard InChI is InChI=1S/C25H23BrFN3O2/c1-25(2,3)17-7-4-15(5-8-17)24(31)28-23-20-13-19(10-11-22(20)29-30-23)32-14-16-6-9-18(26)12-21(16)27/h4-13H,14H2,1-3H3,(H2,28,29,30,31). The van der Waals surface area contributed by atoms with E-state index in [2.05, 4.69) is 52.2 Å². The van der Waals surface area contributed by atoms with Crippen molar-refractivity contribution in [3.8, 4) is 5.75 Å². The Hall–Kier alpha value is -3.19. The van der Waals surface area contributed by atoms with Gasteiger partial charge in [-0.1, -0.05) is 54.9 Å². The molecule has 1 aromatic heterocycles. The van der Waals surface area contributed by atoms with Crippen LogP contribution >= 0.6 is 15.9 Å². The lowest BCUT2D eigenvalue weighted by Gasteiger charge is -2.19. The van der Waals surface area contributed by atoms with Gasteiger partial charge in [0, 0.05) is 21.0 Å². The third kappa shape index (κ3) is 4.83. The molecule has 0 fully saturated rings. The normalized spacial score (nSPS) is 11.5. The fraction of sp³-hybridized carbons (Fsp3) is 0.200. The van der Waals surface area contributed by atoms with E-state index in [4.69, 9.17) is 4.74 Å². The molecule has 1 heterocycles. The maximum atomic E-state index is 14.0. The summed E-state index contributed by atoms with van der Waals surface area (Å²) >= 11 is 3.25. The zero-order valence-corrected chi connectivity index (χ0v) is 19.6. The molecule has 4 aromatic rings. The van der Waals surface area contributed by atoms with E-state index >= 15 is 0 Å². The molecule has 3 aromatic carbocycles. The third-order valence-corrected chi connectivity index (χ3v) is 5.68. The van der Waals surface area contributed by atoms with E-state index < -0.39 is 0 Å². The van der Waals surface area contributed by atoms with Gasteiger partial charge in [-0.05, 0) is 53.4 Å². The Kier molecular flexibility index (Phi) is 6.02. The van der Waals surface area contributed by atoms with Gasteiger partial charge >= 0.3 is 0 Å². The second kappa shape index (κ2) is 8.74. The fourth-order valence-electron chi connectivity index (χ4n) is 3.28. The van der Waals surface area contributed by atoms with Crippen molar-refractivity contribution >= 4 is 38.6 Å². The summed E-state index contributed by atoms with van der Waals surface area (Å²) in [4.78, 5) is 12.7. The first-order chi connectivity index (χ1) is 15.2. The van der Waals surface area contributed by atoms with Crippen LogP contribution in [0.4, 0.5) is 10.2 Å². The summed E-state index contributed by atoms with van der Waals surface area (Å²) in [6.07, 6.45) is 0. The van der Waals surface area contributed by atoms with Crippen molar-refractivity contribution in [2.75, 3.05) is 5.32 Å². The molecule has 0 saturated carbocycles. The van der Waals surface area contributed by atoms with Gasteiger partial charge < -0.3 is 10.1 Å². The highest BCUT2D eigenvalue weighted by Gasteiger charge is 2.16. The molecule has 0 unspecified atom stereocenters.